The number of carbonyl (C=O) groups is 2. The number of Topliss-reactive ketones (excluding diaryl/α,β-unsaturated/α-hetero) is 1. The lowest BCUT2D eigenvalue weighted by molar-refractivity contribution is -0.142. The van der Waals surface area contributed by atoms with Gasteiger partial charge in [-0.25, -0.2) is 0 Å². The number of ether oxygens (including phenoxy) is 3. The fraction of sp³-hybridized carbons (Fsp3) is 0.429. The van der Waals surface area contributed by atoms with Crippen LogP contribution in [0, 0.1) is 11.8 Å². The Bertz CT molecular complexity index is 537. The molecule has 0 radical (unpaired) electrons. The zero-order chi connectivity index (χ0) is 13.4. The summed E-state index contributed by atoms with van der Waals surface area (Å²) < 4.78 is 15.5. The van der Waals surface area contributed by atoms with Crippen LogP contribution in [0.2, 0.25) is 0 Å². The van der Waals surface area contributed by atoms with Crippen molar-refractivity contribution < 1.29 is 23.8 Å². The molecule has 1 saturated carbocycles. The van der Waals surface area contributed by atoms with E-state index in [1.165, 1.54) is 7.11 Å². The first kappa shape index (κ1) is 12.0. The number of fused-ring (bicyclic) bond motifs is 1. The van der Waals surface area contributed by atoms with Gasteiger partial charge in [0.2, 0.25) is 0 Å². The normalized spacial score (nSPS) is 23.6. The number of rotatable bonds is 3. The molecule has 1 heterocycles. The molecular weight excluding hydrogens is 248 g/mol. The van der Waals surface area contributed by atoms with Crippen LogP contribution >= 0.6 is 0 Å². The molecule has 1 aromatic carbocycles. The third kappa shape index (κ3) is 2.16. The average Bonchev–Trinajstić information content (AvgIpc) is 3.25. The fourth-order valence-electron chi connectivity index (χ4n) is 2.31. The third-order valence-corrected chi connectivity index (χ3v) is 3.46. The number of hydrogen-bond donors (Lipinski definition) is 0. The molecule has 5 heteroatoms. The average molecular weight is 262 g/mol. The van der Waals surface area contributed by atoms with E-state index in [0.717, 1.165) is 0 Å². The SMILES string of the molecule is COC(=O)[C@H]1CC1C(=O)c1ccc2c(c1)OCCO2. The summed E-state index contributed by atoms with van der Waals surface area (Å²) in [7, 11) is 1.34. The van der Waals surface area contributed by atoms with Gasteiger partial charge in [0.25, 0.3) is 0 Å². The van der Waals surface area contributed by atoms with Crippen molar-refractivity contribution in [2.24, 2.45) is 11.8 Å². The molecule has 1 aliphatic heterocycles. The largest absolute Gasteiger partial charge is 0.486 e. The van der Waals surface area contributed by atoms with Gasteiger partial charge in [0.05, 0.1) is 13.0 Å². The molecule has 2 atom stereocenters. The smallest absolute Gasteiger partial charge is 0.309 e. The number of ketones is 1. The number of hydrogen-bond acceptors (Lipinski definition) is 5. The first-order valence-corrected chi connectivity index (χ1v) is 6.22. The topological polar surface area (TPSA) is 61.8 Å². The van der Waals surface area contributed by atoms with Gasteiger partial charge in [-0.05, 0) is 24.6 Å². The lowest BCUT2D eigenvalue weighted by Crippen LogP contribution is -2.16. The van der Waals surface area contributed by atoms with Crippen LogP contribution in [0.4, 0.5) is 0 Å². The summed E-state index contributed by atoms with van der Waals surface area (Å²) in [6, 6.07) is 5.13. The van der Waals surface area contributed by atoms with Crippen molar-refractivity contribution in [3.05, 3.63) is 23.8 Å². The van der Waals surface area contributed by atoms with E-state index in [0.29, 0.717) is 36.7 Å². The van der Waals surface area contributed by atoms with Crippen LogP contribution in [0.5, 0.6) is 11.5 Å². The second-order valence-corrected chi connectivity index (χ2v) is 4.69. The molecule has 2 aliphatic rings. The van der Waals surface area contributed by atoms with Crippen molar-refractivity contribution in [1.82, 2.24) is 0 Å². The Morgan fingerprint density at radius 3 is 2.63 bits per heavy atom. The Labute approximate surface area is 110 Å². The summed E-state index contributed by atoms with van der Waals surface area (Å²) in [5.41, 5.74) is 0.556. The first-order chi connectivity index (χ1) is 9.20. The van der Waals surface area contributed by atoms with Gasteiger partial charge in [-0.1, -0.05) is 0 Å². The van der Waals surface area contributed by atoms with Crippen molar-refractivity contribution in [3.63, 3.8) is 0 Å². The zero-order valence-electron chi connectivity index (χ0n) is 10.5. The Kier molecular flexibility index (Phi) is 2.89. The molecule has 19 heavy (non-hydrogen) atoms. The zero-order valence-corrected chi connectivity index (χ0v) is 10.5. The van der Waals surface area contributed by atoms with E-state index in [1.54, 1.807) is 18.2 Å². The van der Waals surface area contributed by atoms with Gasteiger partial charge in [-0.15, -0.1) is 0 Å². The number of esters is 1. The minimum absolute atomic E-state index is 0.0348. The highest BCUT2D eigenvalue weighted by molar-refractivity contribution is 6.03. The third-order valence-electron chi connectivity index (χ3n) is 3.46. The molecule has 1 fully saturated rings. The summed E-state index contributed by atoms with van der Waals surface area (Å²) in [6.45, 7) is 1.01. The molecule has 100 valence electrons. The van der Waals surface area contributed by atoms with E-state index in [4.69, 9.17) is 9.47 Å². The molecule has 0 amide bonds. The molecule has 1 aromatic rings. The van der Waals surface area contributed by atoms with Crippen LogP contribution in [0.15, 0.2) is 18.2 Å². The van der Waals surface area contributed by atoms with Crippen molar-refractivity contribution >= 4 is 11.8 Å². The highest BCUT2D eigenvalue weighted by atomic mass is 16.6. The Balaban J connectivity index is 1.76. The second-order valence-electron chi connectivity index (χ2n) is 4.69. The predicted octanol–water partition coefficient (Wildman–Crippen LogP) is 1.45. The maximum atomic E-state index is 12.2. The van der Waals surface area contributed by atoms with Crippen molar-refractivity contribution in [2.45, 2.75) is 6.42 Å². The Morgan fingerprint density at radius 1 is 1.16 bits per heavy atom. The van der Waals surface area contributed by atoms with E-state index >= 15 is 0 Å². The lowest BCUT2D eigenvalue weighted by Gasteiger charge is -2.18. The minimum Gasteiger partial charge on any atom is -0.486 e. The summed E-state index contributed by atoms with van der Waals surface area (Å²) in [6.07, 6.45) is 0.569. The van der Waals surface area contributed by atoms with Crippen LogP contribution < -0.4 is 9.47 Å². The number of carbonyl (C=O) groups excluding carboxylic acids is 2. The molecular formula is C14H14O5. The van der Waals surface area contributed by atoms with Crippen LogP contribution in [0.1, 0.15) is 16.8 Å². The van der Waals surface area contributed by atoms with Crippen molar-refractivity contribution in [1.29, 1.82) is 0 Å². The number of benzene rings is 1. The summed E-state index contributed by atoms with van der Waals surface area (Å²) in [5, 5.41) is 0. The van der Waals surface area contributed by atoms with Gasteiger partial charge < -0.3 is 14.2 Å². The molecule has 0 aromatic heterocycles. The Morgan fingerprint density at radius 2 is 1.89 bits per heavy atom. The quantitative estimate of drug-likeness (QED) is 0.609. The van der Waals surface area contributed by atoms with E-state index in [2.05, 4.69) is 4.74 Å². The van der Waals surface area contributed by atoms with Gasteiger partial charge in [0, 0.05) is 11.5 Å². The first-order valence-electron chi connectivity index (χ1n) is 6.22. The fourth-order valence-corrected chi connectivity index (χ4v) is 2.31. The van der Waals surface area contributed by atoms with Gasteiger partial charge in [-0.3, -0.25) is 9.59 Å². The highest BCUT2D eigenvalue weighted by Crippen LogP contribution is 2.42. The lowest BCUT2D eigenvalue weighted by atomic mass is 10.1. The monoisotopic (exact) mass is 262 g/mol. The summed E-state index contributed by atoms with van der Waals surface area (Å²) in [5.74, 6) is 0.361. The molecule has 0 spiro atoms. The summed E-state index contributed by atoms with van der Waals surface area (Å²) in [4.78, 5) is 23.6. The van der Waals surface area contributed by atoms with Gasteiger partial charge in [0.1, 0.15) is 13.2 Å². The summed E-state index contributed by atoms with van der Waals surface area (Å²) >= 11 is 0. The van der Waals surface area contributed by atoms with E-state index in [1.807, 2.05) is 0 Å². The molecule has 5 nitrogen and oxygen atoms in total. The predicted molar refractivity (Wildman–Crippen MR) is 65.4 cm³/mol. The maximum absolute atomic E-state index is 12.2. The van der Waals surface area contributed by atoms with E-state index in [9.17, 15) is 9.59 Å². The Hall–Kier alpha value is -2.04. The standard InChI is InChI=1S/C14H14O5/c1-17-14(16)10-7-9(10)13(15)8-2-3-11-12(6-8)19-5-4-18-11/h2-3,6,9-10H,4-5,7H2,1H3/t9?,10-/m0/s1. The van der Waals surface area contributed by atoms with E-state index in [-0.39, 0.29) is 23.6 Å². The minimum atomic E-state index is -0.309. The second kappa shape index (κ2) is 4.57. The molecule has 0 N–H and O–H groups in total. The van der Waals surface area contributed by atoms with Gasteiger partial charge >= 0.3 is 5.97 Å². The molecule has 1 unspecified atom stereocenters. The molecule has 1 aliphatic carbocycles. The molecule has 0 saturated heterocycles. The maximum Gasteiger partial charge on any atom is 0.309 e. The van der Waals surface area contributed by atoms with Gasteiger partial charge in [0.15, 0.2) is 17.3 Å². The molecule has 0 bridgehead atoms. The van der Waals surface area contributed by atoms with Crippen molar-refractivity contribution in [3.8, 4) is 11.5 Å². The van der Waals surface area contributed by atoms with E-state index < -0.39 is 0 Å². The van der Waals surface area contributed by atoms with Crippen LogP contribution in [-0.2, 0) is 9.53 Å². The van der Waals surface area contributed by atoms with Crippen LogP contribution in [0.25, 0.3) is 0 Å². The highest BCUT2D eigenvalue weighted by Gasteiger charge is 2.49. The van der Waals surface area contributed by atoms with Crippen molar-refractivity contribution in [2.75, 3.05) is 20.3 Å². The van der Waals surface area contributed by atoms with Gasteiger partial charge in [-0.2, -0.15) is 0 Å². The molecule has 3 rings (SSSR count). The van der Waals surface area contributed by atoms with Crippen LogP contribution in [0.3, 0.4) is 0 Å². The van der Waals surface area contributed by atoms with Crippen LogP contribution in [-0.4, -0.2) is 32.1 Å². The number of methoxy groups -OCH3 is 1.